The van der Waals surface area contributed by atoms with Gasteiger partial charge in [-0.15, -0.1) is 0 Å². The third kappa shape index (κ3) is 1.17. The molecule has 0 aromatic heterocycles. The van der Waals surface area contributed by atoms with Crippen LogP contribution < -0.4 is 0 Å². The fraction of sp³-hybridized carbons (Fsp3) is 0.889. The average Bonchev–Trinajstić information content (AvgIpc) is 2.76. The number of carbonyl (C=O) groups excluding carboxylic acids is 1. The van der Waals surface area contributed by atoms with E-state index in [4.69, 9.17) is 9.47 Å². The first-order chi connectivity index (χ1) is 5.87. The van der Waals surface area contributed by atoms with Crippen LogP contribution in [0.15, 0.2) is 0 Å². The van der Waals surface area contributed by atoms with Crippen molar-refractivity contribution in [3.63, 3.8) is 0 Å². The lowest BCUT2D eigenvalue weighted by Gasteiger charge is -2.25. The maximum atomic E-state index is 11.0. The lowest BCUT2D eigenvalue weighted by molar-refractivity contribution is -0.119. The molecule has 2 rings (SSSR count). The van der Waals surface area contributed by atoms with Crippen LogP contribution >= 0.6 is 0 Å². The molecule has 0 N–H and O–H groups in total. The van der Waals surface area contributed by atoms with Crippen molar-refractivity contribution in [2.24, 2.45) is 11.3 Å². The van der Waals surface area contributed by atoms with Crippen molar-refractivity contribution >= 4 is 6.29 Å². The predicted molar refractivity (Wildman–Crippen MR) is 42.9 cm³/mol. The van der Waals surface area contributed by atoms with Gasteiger partial charge in [-0.2, -0.15) is 0 Å². The van der Waals surface area contributed by atoms with Gasteiger partial charge in [0.05, 0.1) is 18.6 Å². The number of aldehydes is 1. The summed E-state index contributed by atoms with van der Waals surface area (Å²) in [5.41, 5.74) is -0.212. The molecule has 12 heavy (non-hydrogen) atoms. The molecule has 0 radical (unpaired) electrons. The smallest absolute Gasteiger partial charge is 0.128 e. The molecule has 68 valence electrons. The van der Waals surface area contributed by atoms with E-state index in [2.05, 4.69) is 0 Å². The molecule has 2 heterocycles. The van der Waals surface area contributed by atoms with Crippen LogP contribution in [0.3, 0.4) is 0 Å². The fourth-order valence-corrected chi connectivity index (χ4v) is 2.10. The maximum Gasteiger partial charge on any atom is 0.128 e. The molecule has 2 aliphatic rings. The second kappa shape index (κ2) is 3.15. The molecule has 3 nitrogen and oxygen atoms in total. The maximum absolute atomic E-state index is 11.0. The Hall–Kier alpha value is -0.410. The summed E-state index contributed by atoms with van der Waals surface area (Å²) in [6, 6.07) is 0. The molecule has 0 aromatic carbocycles. The number of carbonyl (C=O) groups is 1. The third-order valence-corrected chi connectivity index (χ3v) is 3.06. The van der Waals surface area contributed by atoms with E-state index in [-0.39, 0.29) is 5.41 Å². The van der Waals surface area contributed by atoms with Crippen molar-refractivity contribution in [2.75, 3.05) is 26.4 Å². The second-order valence-corrected chi connectivity index (χ2v) is 3.71. The molecule has 2 atom stereocenters. The zero-order chi connectivity index (χ0) is 8.44. The van der Waals surface area contributed by atoms with E-state index in [1.807, 2.05) is 0 Å². The van der Waals surface area contributed by atoms with Gasteiger partial charge in [0.1, 0.15) is 6.29 Å². The van der Waals surface area contributed by atoms with E-state index in [1.165, 1.54) is 0 Å². The zero-order valence-electron chi connectivity index (χ0n) is 7.12. The minimum atomic E-state index is -0.212. The monoisotopic (exact) mass is 170 g/mol. The third-order valence-electron chi connectivity index (χ3n) is 3.06. The largest absolute Gasteiger partial charge is 0.381 e. The fourth-order valence-electron chi connectivity index (χ4n) is 2.10. The standard InChI is InChI=1S/C9H14O3/c10-6-9(2-4-12-7-9)8-1-3-11-5-8/h6,8H,1-5,7H2. The number of hydrogen-bond donors (Lipinski definition) is 0. The van der Waals surface area contributed by atoms with Crippen molar-refractivity contribution in [1.29, 1.82) is 0 Å². The van der Waals surface area contributed by atoms with Gasteiger partial charge >= 0.3 is 0 Å². The van der Waals surface area contributed by atoms with Crippen molar-refractivity contribution in [1.82, 2.24) is 0 Å². The van der Waals surface area contributed by atoms with Crippen LogP contribution in [0, 0.1) is 11.3 Å². The van der Waals surface area contributed by atoms with E-state index in [9.17, 15) is 4.79 Å². The summed E-state index contributed by atoms with van der Waals surface area (Å²) < 4.78 is 10.6. The topological polar surface area (TPSA) is 35.5 Å². The summed E-state index contributed by atoms with van der Waals surface area (Å²) in [7, 11) is 0. The molecule has 2 unspecified atom stereocenters. The summed E-state index contributed by atoms with van der Waals surface area (Å²) in [6.07, 6.45) is 2.98. The Morgan fingerprint density at radius 2 is 2.25 bits per heavy atom. The molecule has 0 spiro atoms. The van der Waals surface area contributed by atoms with Crippen LogP contribution in [0.4, 0.5) is 0 Å². The molecule has 0 amide bonds. The first-order valence-electron chi connectivity index (χ1n) is 4.49. The number of ether oxygens (including phenoxy) is 2. The Bertz CT molecular complexity index is 167. The van der Waals surface area contributed by atoms with Gasteiger partial charge in [-0.3, -0.25) is 0 Å². The normalized spacial score (nSPS) is 41.8. The average molecular weight is 170 g/mol. The molecule has 0 bridgehead atoms. The lowest BCUT2D eigenvalue weighted by atomic mass is 9.75. The lowest BCUT2D eigenvalue weighted by Crippen LogP contribution is -2.33. The quantitative estimate of drug-likeness (QED) is 0.570. The van der Waals surface area contributed by atoms with Gasteiger partial charge in [0, 0.05) is 13.2 Å². The number of rotatable bonds is 2. The summed E-state index contributed by atoms with van der Waals surface area (Å²) in [5.74, 6) is 0.400. The molecule has 2 aliphatic heterocycles. The molecule has 0 aliphatic carbocycles. The molecular formula is C9H14O3. The van der Waals surface area contributed by atoms with Crippen LogP contribution in [-0.4, -0.2) is 32.7 Å². The minimum absolute atomic E-state index is 0.212. The highest BCUT2D eigenvalue weighted by molar-refractivity contribution is 5.60. The Labute approximate surface area is 72.0 Å². The SMILES string of the molecule is O=CC1(C2CCOC2)CCOC1. The van der Waals surface area contributed by atoms with Crippen LogP contribution in [-0.2, 0) is 14.3 Å². The molecule has 0 saturated carbocycles. The predicted octanol–water partition coefficient (Wildman–Crippen LogP) is 0.629. The Morgan fingerprint density at radius 1 is 1.33 bits per heavy atom. The highest BCUT2D eigenvalue weighted by Gasteiger charge is 2.43. The second-order valence-electron chi connectivity index (χ2n) is 3.71. The first-order valence-corrected chi connectivity index (χ1v) is 4.49. The van der Waals surface area contributed by atoms with Crippen molar-refractivity contribution < 1.29 is 14.3 Å². The molecular weight excluding hydrogens is 156 g/mol. The van der Waals surface area contributed by atoms with Crippen LogP contribution in [0.1, 0.15) is 12.8 Å². The molecule has 2 fully saturated rings. The van der Waals surface area contributed by atoms with Gasteiger partial charge in [-0.1, -0.05) is 0 Å². The Kier molecular flexibility index (Phi) is 2.15. The summed E-state index contributed by atoms with van der Waals surface area (Å²) >= 11 is 0. The first kappa shape index (κ1) is 8.20. The van der Waals surface area contributed by atoms with Crippen LogP contribution in [0.2, 0.25) is 0 Å². The minimum Gasteiger partial charge on any atom is -0.381 e. The number of hydrogen-bond acceptors (Lipinski definition) is 3. The van der Waals surface area contributed by atoms with Crippen molar-refractivity contribution in [3.8, 4) is 0 Å². The summed E-state index contributed by atoms with van der Waals surface area (Å²) in [4.78, 5) is 11.0. The summed E-state index contributed by atoms with van der Waals surface area (Å²) in [5, 5.41) is 0. The van der Waals surface area contributed by atoms with Gasteiger partial charge in [-0.25, -0.2) is 0 Å². The van der Waals surface area contributed by atoms with Gasteiger partial charge in [0.15, 0.2) is 0 Å². The Balaban J connectivity index is 2.09. The van der Waals surface area contributed by atoms with E-state index >= 15 is 0 Å². The van der Waals surface area contributed by atoms with Gasteiger partial charge < -0.3 is 14.3 Å². The van der Waals surface area contributed by atoms with Crippen LogP contribution in [0.5, 0.6) is 0 Å². The van der Waals surface area contributed by atoms with Crippen LogP contribution in [0.25, 0.3) is 0 Å². The van der Waals surface area contributed by atoms with E-state index in [0.717, 1.165) is 38.9 Å². The molecule has 2 saturated heterocycles. The Morgan fingerprint density at radius 3 is 2.75 bits per heavy atom. The van der Waals surface area contributed by atoms with Gasteiger partial charge in [-0.05, 0) is 18.8 Å². The highest BCUT2D eigenvalue weighted by atomic mass is 16.5. The van der Waals surface area contributed by atoms with Crippen molar-refractivity contribution in [2.45, 2.75) is 12.8 Å². The van der Waals surface area contributed by atoms with E-state index < -0.39 is 0 Å². The van der Waals surface area contributed by atoms with E-state index in [1.54, 1.807) is 0 Å². The highest BCUT2D eigenvalue weighted by Crippen LogP contribution is 2.38. The summed E-state index contributed by atoms with van der Waals surface area (Å²) in [6.45, 7) is 2.88. The van der Waals surface area contributed by atoms with Gasteiger partial charge in [0.25, 0.3) is 0 Å². The van der Waals surface area contributed by atoms with Crippen molar-refractivity contribution in [3.05, 3.63) is 0 Å². The van der Waals surface area contributed by atoms with Gasteiger partial charge in [0.2, 0.25) is 0 Å². The molecule has 3 heteroatoms. The van der Waals surface area contributed by atoms with E-state index in [0.29, 0.717) is 12.5 Å². The molecule has 0 aromatic rings. The zero-order valence-corrected chi connectivity index (χ0v) is 7.12.